The molecule has 3 nitrogen and oxygen atoms in total. The van der Waals surface area contributed by atoms with Gasteiger partial charge in [-0.2, -0.15) is 0 Å². The van der Waals surface area contributed by atoms with E-state index in [-0.39, 0.29) is 5.91 Å². The normalized spacial score (nSPS) is 12.9. The smallest absolute Gasteiger partial charge is 0.251 e. The van der Waals surface area contributed by atoms with Crippen molar-refractivity contribution in [3.8, 4) is 0 Å². The molecule has 0 saturated heterocycles. The molecule has 2 atom stereocenters. The number of quaternary nitrogens is 1. The van der Waals surface area contributed by atoms with Crippen LogP contribution in [-0.2, 0) is 6.54 Å². The van der Waals surface area contributed by atoms with Gasteiger partial charge in [-0.05, 0) is 43.2 Å². The van der Waals surface area contributed by atoms with Gasteiger partial charge >= 0.3 is 0 Å². The number of hydrogen-bond donors (Lipinski definition) is 2. The van der Waals surface area contributed by atoms with Gasteiger partial charge in [0.15, 0.2) is 0 Å². The number of carbonyl (C=O) groups excluding carboxylic acids is 1. The fourth-order valence-electron chi connectivity index (χ4n) is 5.38. The third-order valence-electron chi connectivity index (χ3n) is 7.82. The molecule has 3 aromatic rings. The van der Waals surface area contributed by atoms with Crippen LogP contribution in [0.1, 0.15) is 113 Å². The number of amides is 1. The van der Waals surface area contributed by atoms with Crippen LogP contribution in [0.3, 0.4) is 0 Å². The highest BCUT2D eigenvalue weighted by atomic mass is 16.1. The maximum absolute atomic E-state index is 12.6. The molecule has 0 aliphatic rings. The summed E-state index contributed by atoms with van der Waals surface area (Å²) in [6.45, 7) is 9.62. The van der Waals surface area contributed by atoms with Gasteiger partial charge in [0.1, 0.15) is 12.6 Å². The third-order valence-corrected chi connectivity index (χ3v) is 7.82. The highest BCUT2D eigenvalue weighted by molar-refractivity contribution is 5.94. The topological polar surface area (TPSA) is 33.5 Å². The van der Waals surface area contributed by atoms with Gasteiger partial charge in [-0.25, -0.2) is 0 Å². The Morgan fingerprint density at radius 1 is 0.757 bits per heavy atom. The lowest BCUT2D eigenvalue weighted by atomic mass is 9.98. The first kappa shape index (κ1) is 28.9. The number of carbonyl (C=O) groups is 1. The first-order chi connectivity index (χ1) is 18.1. The zero-order chi connectivity index (χ0) is 26.3. The summed E-state index contributed by atoms with van der Waals surface area (Å²) in [6, 6.07) is 23.9. The van der Waals surface area contributed by atoms with Crippen LogP contribution in [0.25, 0.3) is 10.8 Å². The number of fused-ring (bicyclic) bond motifs is 1. The minimum absolute atomic E-state index is 0.0475. The summed E-state index contributed by atoms with van der Waals surface area (Å²) < 4.78 is 0. The van der Waals surface area contributed by atoms with Crippen molar-refractivity contribution in [1.29, 1.82) is 0 Å². The molecule has 0 fully saturated rings. The quantitative estimate of drug-likeness (QED) is 0.183. The minimum atomic E-state index is 0.0475. The second kappa shape index (κ2) is 16.2. The fraction of sp³-hybridized carbons (Fsp3) is 0.500. The van der Waals surface area contributed by atoms with Crippen LogP contribution in [0.5, 0.6) is 0 Å². The highest BCUT2D eigenvalue weighted by Crippen LogP contribution is 2.23. The van der Waals surface area contributed by atoms with E-state index in [9.17, 15) is 4.79 Å². The Kier molecular flexibility index (Phi) is 12.7. The summed E-state index contributed by atoms with van der Waals surface area (Å²) in [5, 5.41) is 5.75. The first-order valence-electron chi connectivity index (χ1n) is 14.8. The van der Waals surface area contributed by atoms with Crippen molar-refractivity contribution < 1.29 is 9.69 Å². The molecule has 2 unspecified atom stereocenters. The van der Waals surface area contributed by atoms with Crippen molar-refractivity contribution >= 4 is 16.7 Å². The van der Waals surface area contributed by atoms with Gasteiger partial charge in [0, 0.05) is 23.2 Å². The van der Waals surface area contributed by atoms with Gasteiger partial charge in [-0.1, -0.05) is 119 Å². The van der Waals surface area contributed by atoms with E-state index < -0.39 is 0 Å². The zero-order valence-electron chi connectivity index (χ0n) is 23.5. The van der Waals surface area contributed by atoms with Crippen molar-refractivity contribution in [1.82, 2.24) is 5.32 Å². The van der Waals surface area contributed by atoms with Crippen LogP contribution in [0, 0.1) is 0 Å². The lowest BCUT2D eigenvalue weighted by molar-refractivity contribution is -0.941. The van der Waals surface area contributed by atoms with E-state index in [1.54, 1.807) is 0 Å². The molecule has 37 heavy (non-hydrogen) atoms. The van der Waals surface area contributed by atoms with Gasteiger partial charge in [-0.15, -0.1) is 0 Å². The van der Waals surface area contributed by atoms with E-state index in [1.807, 2.05) is 12.1 Å². The molecule has 1 amide bonds. The Morgan fingerprint density at radius 3 is 2.05 bits per heavy atom. The Labute approximate surface area is 225 Å². The second-order valence-electron chi connectivity index (χ2n) is 10.6. The van der Waals surface area contributed by atoms with Crippen molar-refractivity contribution in [3.63, 3.8) is 0 Å². The van der Waals surface area contributed by atoms with Gasteiger partial charge in [0.05, 0.1) is 6.54 Å². The van der Waals surface area contributed by atoms with Crippen LogP contribution in [-0.4, -0.2) is 19.0 Å². The predicted octanol–water partition coefficient (Wildman–Crippen LogP) is 7.66. The maximum Gasteiger partial charge on any atom is 0.251 e. The number of benzene rings is 3. The van der Waals surface area contributed by atoms with E-state index in [1.165, 1.54) is 84.6 Å². The van der Waals surface area contributed by atoms with E-state index in [0.717, 1.165) is 31.6 Å². The van der Waals surface area contributed by atoms with Gasteiger partial charge in [0.2, 0.25) is 0 Å². The molecular weight excluding hydrogens is 452 g/mol. The number of nitrogens with one attached hydrogen (secondary N) is 2. The van der Waals surface area contributed by atoms with E-state index in [2.05, 4.69) is 80.7 Å². The SMILES string of the molecule is CCCCCCCCCCCCNC(=O)c1ccc(C[NH+](CC)C(C)c2cccc3ccccc23)cc1. The average molecular weight is 502 g/mol. The molecule has 0 radical (unpaired) electrons. The molecule has 0 bridgehead atoms. The largest absolute Gasteiger partial charge is 0.352 e. The Balaban J connectivity index is 1.40. The summed E-state index contributed by atoms with van der Waals surface area (Å²) in [7, 11) is 0. The molecule has 0 aliphatic heterocycles. The molecule has 0 heterocycles. The minimum Gasteiger partial charge on any atom is -0.352 e. The van der Waals surface area contributed by atoms with E-state index in [4.69, 9.17) is 0 Å². The summed E-state index contributed by atoms with van der Waals surface area (Å²) in [4.78, 5) is 14.1. The third kappa shape index (κ3) is 9.31. The van der Waals surface area contributed by atoms with Crippen molar-refractivity contribution in [2.45, 2.75) is 97.6 Å². The van der Waals surface area contributed by atoms with Crippen LogP contribution >= 0.6 is 0 Å². The standard InChI is InChI=1S/C34H48N2O/c1-4-6-7-8-9-10-11-12-13-16-26-35-34(37)31-24-22-29(23-25-31)27-36(5-2)28(3)32-21-17-19-30-18-14-15-20-33(30)32/h14-15,17-25,28H,4-13,16,26-27H2,1-3H3,(H,35,37)/p+1. The Morgan fingerprint density at radius 2 is 1.38 bits per heavy atom. The average Bonchev–Trinajstić information content (AvgIpc) is 2.94. The molecule has 3 rings (SSSR count). The van der Waals surface area contributed by atoms with Crippen molar-refractivity contribution in [2.75, 3.05) is 13.1 Å². The lowest BCUT2D eigenvalue weighted by Gasteiger charge is -2.26. The summed E-state index contributed by atoms with van der Waals surface area (Å²) >= 11 is 0. The van der Waals surface area contributed by atoms with Gasteiger partial charge in [0.25, 0.3) is 5.91 Å². The molecule has 0 spiro atoms. The molecule has 200 valence electrons. The molecule has 2 N–H and O–H groups in total. The second-order valence-corrected chi connectivity index (χ2v) is 10.6. The van der Waals surface area contributed by atoms with E-state index in [0.29, 0.717) is 6.04 Å². The lowest BCUT2D eigenvalue weighted by Crippen LogP contribution is -3.10. The zero-order valence-corrected chi connectivity index (χ0v) is 23.5. The molecule has 0 aliphatic carbocycles. The van der Waals surface area contributed by atoms with Crippen LogP contribution in [0.15, 0.2) is 66.7 Å². The number of hydrogen-bond acceptors (Lipinski definition) is 1. The molecule has 0 aromatic heterocycles. The van der Waals surface area contributed by atoms with E-state index >= 15 is 0 Å². The van der Waals surface area contributed by atoms with Gasteiger partial charge in [-0.3, -0.25) is 4.79 Å². The first-order valence-corrected chi connectivity index (χ1v) is 14.8. The highest BCUT2D eigenvalue weighted by Gasteiger charge is 2.20. The van der Waals surface area contributed by atoms with Crippen LogP contribution in [0.4, 0.5) is 0 Å². The predicted molar refractivity (Wildman–Crippen MR) is 158 cm³/mol. The molecule has 0 saturated carbocycles. The molecular formula is C34H49N2O+. The van der Waals surface area contributed by atoms with Gasteiger partial charge < -0.3 is 10.2 Å². The van der Waals surface area contributed by atoms with Crippen molar-refractivity contribution in [3.05, 3.63) is 83.4 Å². The Hall–Kier alpha value is -2.65. The summed E-state index contributed by atoms with van der Waals surface area (Å²) in [5.74, 6) is 0.0475. The molecule has 3 aromatic carbocycles. The monoisotopic (exact) mass is 501 g/mol. The number of unbranched alkanes of at least 4 members (excludes halogenated alkanes) is 9. The fourth-order valence-corrected chi connectivity index (χ4v) is 5.38. The maximum atomic E-state index is 12.6. The summed E-state index contributed by atoms with van der Waals surface area (Å²) in [6.07, 6.45) is 13.1. The summed E-state index contributed by atoms with van der Waals surface area (Å²) in [5.41, 5.74) is 3.43. The van der Waals surface area contributed by atoms with Crippen LogP contribution in [0.2, 0.25) is 0 Å². The molecule has 3 heteroatoms. The number of rotatable bonds is 17. The Bertz CT molecular complexity index is 1050. The van der Waals surface area contributed by atoms with Crippen molar-refractivity contribution in [2.24, 2.45) is 0 Å². The van der Waals surface area contributed by atoms with Crippen LogP contribution < -0.4 is 10.2 Å².